The van der Waals surface area contributed by atoms with Gasteiger partial charge in [0.25, 0.3) is 0 Å². The summed E-state index contributed by atoms with van der Waals surface area (Å²) < 4.78 is 27.6. The molecule has 10 N–H and O–H groups in total. The predicted molar refractivity (Wildman–Crippen MR) is 136 cm³/mol. The predicted octanol–water partition coefficient (Wildman–Crippen LogP) is -2.08. The largest absolute Gasteiger partial charge is 0.508 e. The van der Waals surface area contributed by atoms with E-state index >= 15 is 0 Å². The summed E-state index contributed by atoms with van der Waals surface area (Å²) in [5.74, 6) is -3.18. The van der Waals surface area contributed by atoms with E-state index in [9.17, 15) is 55.9 Å². The molecule has 1 aromatic heterocycles. The van der Waals surface area contributed by atoms with E-state index in [1.165, 1.54) is 6.07 Å². The maximum Gasteiger partial charge on any atom is 0.239 e. The summed E-state index contributed by atoms with van der Waals surface area (Å²) in [7, 11) is 0. The first kappa shape index (κ1) is 29.8. The molecule has 16 heteroatoms. The lowest BCUT2D eigenvalue weighted by Gasteiger charge is -2.43. The van der Waals surface area contributed by atoms with Crippen LogP contribution < -0.4 is 10.2 Å². The molecule has 0 aliphatic carbocycles. The Morgan fingerprint density at radius 3 is 2.21 bits per heavy atom. The lowest BCUT2D eigenvalue weighted by molar-refractivity contribution is -0.338. The van der Waals surface area contributed by atoms with Gasteiger partial charge >= 0.3 is 0 Å². The van der Waals surface area contributed by atoms with Crippen molar-refractivity contribution in [3.8, 4) is 40.1 Å². The van der Waals surface area contributed by atoms with Crippen molar-refractivity contribution in [3.05, 3.63) is 40.6 Å². The number of benzene rings is 2. The minimum atomic E-state index is -1.92. The summed E-state index contributed by atoms with van der Waals surface area (Å²) in [4.78, 5) is 13.5. The van der Waals surface area contributed by atoms with Gasteiger partial charge in [0.05, 0.1) is 13.2 Å². The number of phenols is 4. The third-order valence-electron chi connectivity index (χ3n) is 6.98. The van der Waals surface area contributed by atoms with Crippen LogP contribution in [0.3, 0.4) is 0 Å². The molecule has 0 unspecified atom stereocenters. The first-order valence-corrected chi connectivity index (χ1v) is 12.6. The Hall–Kier alpha value is -3.71. The lowest BCUT2D eigenvalue weighted by atomic mass is 9.99. The monoisotopic (exact) mass is 596 g/mol. The molecule has 0 saturated carbocycles. The van der Waals surface area contributed by atoms with E-state index in [1.807, 2.05) is 0 Å². The molecule has 228 valence electrons. The van der Waals surface area contributed by atoms with Crippen molar-refractivity contribution in [1.82, 2.24) is 0 Å². The van der Waals surface area contributed by atoms with Crippen molar-refractivity contribution < 1.29 is 74.4 Å². The average Bonchev–Trinajstić information content (AvgIpc) is 2.95. The smallest absolute Gasteiger partial charge is 0.239 e. The highest BCUT2D eigenvalue weighted by atomic mass is 16.7. The van der Waals surface area contributed by atoms with Gasteiger partial charge in [-0.05, 0) is 18.2 Å². The molecule has 3 aromatic rings. The van der Waals surface area contributed by atoms with Crippen molar-refractivity contribution in [3.63, 3.8) is 0 Å². The number of aliphatic hydroxyl groups is 6. The van der Waals surface area contributed by atoms with Crippen LogP contribution >= 0.6 is 0 Å². The van der Waals surface area contributed by atoms with E-state index in [2.05, 4.69) is 0 Å². The first-order valence-electron chi connectivity index (χ1n) is 12.6. The molecule has 9 atom stereocenters. The quantitative estimate of drug-likeness (QED) is 0.137. The van der Waals surface area contributed by atoms with E-state index in [0.29, 0.717) is 0 Å². The minimum Gasteiger partial charge on any atom is -0.508 e. The molecule has 3 heterocycles. The molecule has 2 aliphatic rings. The van der Waals surface area contributed by atoms with Crippen LogP contribution in [0.1, 0.15) is 0 Å². The Balaban J connectivity index is 1.44. The fourth-order valence-electron chi connectivity index (χ4n) is 4.69. The molecule has 2 saturated heterocycles. The number of hydrogen-bond acceptors (Lipinski definition) is 16. The maximum absolute atomic E-state index is 13.5. The van der Waals surface area contributed by atoms with E-state index < -0.39 is 108 Å². The third-order valence-corrected chi connectivity index (χ3v) is 6.98. The van der Waals surface area contributed by atoms with Crippen molar-refractivity contribution in [2.24, 2.45) is 0 Å². The third kappa shape index (κ3) is 5.31. The Morgan fingerprint density at radius 1 is 0.810 bits per heavy atom. The van der Waals surface area contributed by atoms with Crippen LogP contribution in [-0.2, 0) is 14.2 Å². The van der Waals surface area contributed by atoms with E-state index in [1.54, 1.807) is 0 Å². The molecule has 0 bridgehead atoms. The fourth-order valence-corrected chi connectivity index (χ4v) is 4.69. The van der Waals surface area contributed by atoms with Crippen LogP contribution in [0.15, 0.2) is 39.5 Å². The zero-order valence-electron chi connectivity index (χ0n) is 21.4. The normalized spacial score (nSPS) is 31.7. The van der Waals surface area contributed by atoms with Gasteiger partial charge in [-0.3, -0.25) is 4.79 Å². The summed E-state index contributed by atoms with van der Waals surface area (Å²) in [6, 6.07) is 5.31. The van der Waals surface area contributed by atoms with Gasteiger partial charge in [0.1, 0.15) is 65.2 Å². The molecule has 2 aromatic carbocycles. The van der Waals surface area contributed by atoms with E-state index in [-0.39, 0.29) is 16.9 Å². The number of phenolic OH excluding ortho intramolecular Hbond substituents is 4. The van der Waals surface area contributed by atoms with Crippen LogP contribution in [0.5, 0.6) is 28.7 Å². The van der Waals surface area contributed by atoms with Gasteiger partial charge in [0.2, 0.25) is 17.5 Å². The number of ether oxygens (including phenoxy) is 4. The molecule has 42 heavy (non-hydrogen) atoms. The van der Waals surface area contributed by atoms with Gasteiger partial charge in [0, 0.05) is 17.7 Å². The SMILES string of the molecule is O=c1c(O[C@H]2OC[C@@H](O[C@H]3O[C@@H](CO)[C@H](O)[C@@H](O)[C@@H]3O)[C@H](O)[C@@H]2O)c(-c2ccc(O)c(O)c2)oc2cc(O)cc(O)c12. The highest BCUT2D eigenvalue weighted by Crippen LogP contribution is 2.39. The van der Waals surface area contributed by atoms with Crippen LogP contribution in [0.4, 0.5) is 0 Å². The molecule has 2 aliphatic heterocycles. The second-order valence-corrected chi connectivity index (χ2v) is 9.80. The van der Waals surface area contributed by atoms with Crippen LogP contribution in [-0.4, -0.2) is 120 Å². The molecular weight excluding hydrogens is 568 g/mol. The average molecular weight is 596 g/mol. The zero-order valence-corrected chi connectivity index (χ0v) is 21.4. The van der Waals surface area contributed by atoms with Gasteiger partial charge < -0.3 is 74.4 Å². The highest BCUT2D eigenvalue weighted by Gasteiger charge is 2.48. The second kappa shape index (κ2) is 11.5. The number of rotatable bonds is 6. The van der Waals surface area contributed by atoms with Gasteiger partial charge in [-0.15, -0.1) is 0 Å². The van der Waals surface area contributed by atoms with Crippen LogP contribution in [0, 0.1) is 0 Å². The Morgan fingerprint density at radius 2 is 1.52 bits per heavy atom. The van der Waals surface area contributed by atoms with Gasteiger partial charge in [0.15, 0.2) is 23.5 Å². The minimum absolute atomic E-state index is 0.00296. The Labute approximate surface area is 235 Å². The van der Waals surface area contributed by atoms with Gasteiger partial charge in [-0.25, -0.2) is 0 Å². The molecule has 0 spiro atoms. The molecule has 0 amide bonds. The molecular formula is C26H28O16. The fraction of sp³-hybridized carbons (Fsp3) is 0.423. The lowest BCUT2D eigenvalue weighted by Crippen LogP contribution is -2.62. The Kier molecular flexibility index (Phi) is 8.17. The van der Waals surface area contributed by atoms with Crippen molar-refractivity contribution in [1.29, 1.82) is 0 Å². The summed E-state index contributed by atoms with van der Waals surface area (Å²) in [6.45, 7) is -1.25. The summed E-state index contributed by atoms with van der Waals surface area (Å²) in [5, 5.41) is 100. The first-order chi connectivity index (χ1) is 19.9. The molecule has 0 radical (unpaired) electrons. The second-order valence-electron chi connectivity index (χ2n) is 9.80. The highest BCUT2D eigenvalue weighted by molar-refractivity contribution is 5.88. The number of hydrogen-bond donors (Lipinski definition) is 10. The van der Waals surface area contributed by atoms with E-state index in [0.717, 1.165) is 24.3 Å². The zero-order chi connectivity index (χ0) is 30.5. The standard InChI is InChI=1S/C26H28O16/c27-6-14-17(32)20(35)22(37)26(40-14)41-15-7-38-25(21(36)18(15)33)42-24-19(34)16-12(31)4-9(28)5-13(16)39-23(24)8-1-2-10(29)11(30)3-8/h1-5,14-15,17-18,20-22,25-33,35-37H,6-7H2/t14-,15+,17-,18-,20+,21-,22-,25+,26+/m0/s1. The summed E-state index contributed by atoms with van der Waals surface area (Å²) in [5.41, 5.74) is -1.26. The summed E-state index contributed by atoms with van der Waals surface area (Å²) >= 11 is 0. The van der Waals surface area contributed by atoms with Crippen molar-refractivity contribution in [2.45, 2.75) is 55.3 Å². The van der Waals surface area contributed by atoms with E-state index in [4.69, 9.17) is 23.4 Å². The molecule has 2 fully saturated rings. The number of aliphatic hydroxyl groups excluding tert-OH is 6. The van der Waals surface area contributed by atoms with Gasteiger partial charge in [-0.2, -0.15) is 0 Å². The van der Waals surface area contributed by atoms with Gasteiger partial charge in [-0.1, -0.05) is 0 Å². The van der Waals surface area contributed by atoms with Crippen LogP contribution in [0.2, 0.25) is 0 Å². The molecule has 5 rings (SSSR count). The number of aromatic hydroxyl groups is 4. The van der Waals surface area contributed by atoms with Crippen molar-refractivity contribution >= 4 is 11.0 Å². The number of fused-ring (bicyclic) bond motifs is 1. The summed E-state index contributed by atoms with van der Waals surface area (Å²) in [6.07, 6.45) is -15.0. The van der Waals surface area contributed by atoms with Crippen molar-refractivity contribution in [2.75, 3.05) is 13.2 Å². The maximum atomic E-state index is 13.5. The topological polar surface area (TPSA) is 269 Å². The Bertz CT molecular complexity index is 1500. The molecule has 16 nitrogen and oxygen atoms in total. The van der Waals surface area contributed by atoms with Crippen LogP contribution in [0.25, 0.3) is 22.3 Å².